The predicted molar refractivity (Wildman–Crippen MR) is 109 cm³/mol. The monoisotopic (exact) mass is 373 g/mol. The summed E-state index contributed by atoms with van der Waals surface area (Å²) >= 11 is 0. The molecule has 4 nitrogen and oxygen atoms in total. The van der Waals surface area contributed by atoms with Gasteiger partial charge in [-0.05, 0) is 18.9 Å². The van der Waals surface area contributed by atoms with Crippen LogP contribution in [0.3, 0.4) is 0 Å². The molecule has 1 amide bonds. The molecule has 150 valence electrons. The van der Waals surface area contributed by atoms with Gasteiger partial charge < -0.3 is 14.4 Å². The van der Waals surface area contributed by atoms with E-state index in [1.54, 1.807) is 0 Å². The van der Waals surface area contributed by atoms with Crippen molar-refractivity contribution < 1.29 is 14.3 Å². The van der Waals surface area contributed by atoms with Crippen LogP contribution in [-0.4, -0.2) is 25.7 Å². The van der Waals surface area contributed by atoms with Crippen LogP contribution in [0.2, 0.25) is 0 Å². The zero-order valence-electron chi connectivity index (χ0n) is 16.9. The van der Waals surface area contributed by atoms with Crippen LogP contribution in [-0.2, 0) is 20.1 Å². The van der Waals surface area contributed by atoms with E-state index in [1.165, 1.54) is 57.8 Å². The number of para-hydroxylation sites is 1. The van der Waals surface area contributed by atoms with Crippen molar-refractivity contribution in [3.8, 4) is 0 Å². The van der Waals surface area contributed by atoms with Crippen molar-refractivity contribution in [1.29, 1.82) is 0 Å². The number of anilines is 1. The number of rotatable bonds is 11. The van der Waals surface area contributed by atoms with Gasteiger partial charge in [-0.2, -0.15) is 0 Å². The summed E-state index contributed by atoms with van der Waals surface area (Å²) < 4.78 is 11.8. The zero-order valence-corrected chi connectivity index (χ0v) is 16.9. The zero-order chi connectivity index (χ0) is 19.0. The lowest BCUT2D eigenvalue weighted by Crippen LogP contribution is -2.47. The topological polar surface area (TPSA) is 38.8 Å². The van der Waals surface area contributed by atoms with E-state index in [2.05, 4.69) is 6.92 Å². The number of carbonyl (C=O) groups excluding carboxylic acids is 1. The van der Waals surface area contributed by atoms with Crippen LogP contribution in [0.1, 0.15) is 83.1 Å². The van der Waals surface area contributed by atoms with Gasteiger partial charge in [0.05, 0.1) is 18.9 Å². The van der Waals surface area contributed by atoms with Crippen LogP contribution in [0.15, 0.2) is 24.3 Å². The minimum Gasteiger partial charge on any atom is -0.338 e. The van der Waals surface area contributed by atoms with E-state index >= 15 is 0 Å². The molecule has 4 heteroatoms. The van der Waals surface area contributed by atoms with Crippen LogP contribution >= 0.6 is 0 Å². The van der Waals surface area contributed by atoms with Gasteiger partial charge in [0.2, 0.25) is 0 Å². The highest BCUT2D eigenvalue weighted by Crippen LogP contribution is 2.45. The highest BCUT2D eigenvalue weighted by Gasteiger charge is 2.54. The van der Waals surface area contributed by atoms with Gasteiger partial charge in [0.1, 0.15) is 0 Å². The Hall–Kier alpha value is -1.39. The van der Waals surface area contributed by atoms with Crippen LogP contribution < -0.4 is 4.90 Å². The van der Waals surface area contributed by atoms with E-state index < -0.39 is 5.79 Å². The average Bonchev–Trinajstić information content (AvgIpc) is 2.93. The van der Waals surface area contributed by atoms with E-state index in [9.17, 15) is 4.79 Å². The SMILES string of the molecule is CCCCCCCCCCCCN1C(=O)C2(OCCCO2)c2ccccc21. The van der Waals surface area contributed by atoms with Crippen molar-refractivity contribution in [3.63, 3.8) is 0 Å². The lowest BCUT2D eigenvalue weighted by Gasteiger charge is -2.32. The number of fused-ring (bicyclic) bond motifs is 2. The first-order valence-electron chi connectivity index (χ1n) is 11.0. The lowest BCUT2D eigenvalue weighted by molar-refractivity contribution is -0.256. The standard InChI is InChI=1S/C23H35NO3/c1-2-3-4-5-6-7-8-9-10-13-17-24-21-16-12-11-15-20(21)23(22(24)25)26-18-14-19-27-23/h11-12,15-16H,2-10,13-14,17-19H2,1H3. The maximum Gasteiger partial charge on any atom is 0.292 e. The van der Waals surface area contributed by atoms with E-state index in [1.807, 2.05) is 29.2 Å². The Morgan fingerprint density at radius 3 is 2.15 bits per heavy atom. The molecule has 1 fully saturated rings. The van der Waals surface area contributed by atoms with Crippen LogP contribution in [0, 0.1) is 0 Å². The number of amides is 1. The van der Waals surface area contributed by atoms with Gasteiger partial charge in [-0.3, -0.25) is 4.79 Å². The summed E-state index contributed by atoms with van der Waals surface area (Å²) in [7, 11) is 0. The average molecular weight is 374 g/mol. The molecular formula is C23H35NO3. The third-order valence-corrected chi connectivity index (χ3v) is 5.71. The number of unbranched alkanes of at least 4 members (excludes halogenated alkanes) is 9. The molecule has 0 unspecified atom stereocenters. The first-order valence-corrected chi connectivity index (χ1v) is 11.0. The molecule has 0 radical (unpaired) electrons. The molecule has 2 aliphatic rings. The Kier molecular flexibility index (Phi) is 7.71. The Bertz CT molecular complexity index is 595. The molecule has 2 heterocycles. The lowest BCUT2D eigenvalue weighted by atomic mass is 10.1. The highest BCUT2D eigenvalue weighted by atomic mass is 16.7. The molecule has 1 spiro atoms. The minimum absolute atomic E-state index is 0.0423. The van der Waals surface area contributed by atoms with E-state index in [4.69, 9.17) is 9.47 Å². The van der Waals surface area contributed by atoms with Gasteiger partial charge in [-0.15, -0.1) is 0 Å². The van der Waals surface area contributed by atoms with Crippen LogP contribution in [0.25, 0.3) is 0 Å². The van der Waals surface area contributed by atoms with Crippen LogP contribution in [0.4, 0.5) is 5.69 Å². The number of carbonyl (C=O) groups is 1. The van der Waals surface area contributed by atoms with Crippen molar-refractivity contribution in [2.45, 2.75) is 83.3 Å². The fourth-order valence-corrected chi connectivity index (χ4v) is 4.18. The molecule has 0 aromatic heterocycles. The van der Waals surface area contributed by atoms with E-state index in [0.29, 0.717) is 13.2 Å². The second-order valence-corrected chi connectivity index (χ2v) is 7.82. The summed E-state index contributed by atoms with van der Waals surface area (Å²) in [5.41, 5.74) is 1.84. The number of hydrogen-bond acceptors (Lipinski definition) is 3. The summed E-state index contributed by atoms with van der Waals surface area (Å²) in [4.78, 5) is 15.0. The fraction of sp³-hybridized carbons (Fsp3) is 0.696. The first kappa shape index (κ1) is 20.3. The number of ether oxygens (including phenoxy) is 2. The first-order chi connectivity index (χ1) is 13.3. The highest BCUT2D eigenvalue weighted by molar-refractivity contribution is 6.06. The largest absolute Gasteiger partial charge is 0.338 e. The molecule has 0 N–H and O–H groups in total. The molecule has 0 aliphatic carbocycles. The molecule has 0 saturated carbocycles. The maximum absolute atomic E-state index is 13.1. The van der Waals surface area contributed by atoms with Crippen molar-refractivity contribution >= 4 is 11.6 Å². The van der Waals surface area contributed by atoms with Crippen molar-refractivity contribution in [1.82, 2.24) is 0 Å². The van der Waals surface area contributed by atoms with Crippen molar-refractivity contribution in [3.05, 3.63) is 29.8 Å². The molecule has 1 saturated heterocycles. The third-order valence-electron chi connectivity index (χ3n) is 5.71. The van der Waals surface area contributed by atoms with Gasteiger partial charge in [0.15, 0.2) is 0 Å². The molecule has 2 aliphatic heterocycles. The summed E-state index contributed by atoms with van der Waals surface area (Å²) in [5, 5.41) is 0. The normalized spacial score (nSPS) is 18.3. The predicted octanol–water partition coefficient (Wildman–Crippen LogP) is 5.54. The summed E-state index contributed by atoms with van der Waals surface area (Å²) in [6.07, 6.45) is 13.8. The van der Waals surface area contributed by atoms with E-state index in [0.717, 1.165) is 30.6 Å². The molecule has 0 atom stereocenters. The molecule has 1 aromatic carbocycles. The molecular weight excluding hydrogens is 338 g/mol. The quantitative estimate of drug-likeness (QED) is 0.478. The third kappa shape index (κ3) is 4.72. The number of hydrogen-bond donors (Lipinski definition) is 0. The number of benzene rings is 1. The van der Waals surface area contributed by atoms with Crippen molar-refractivity contribution in [2.75, 3.05) is 24.7 Å². The summed E-state index contributed by atoms with van der Waals surface area (Å²) in [6.45, 7) is 4.16. The molecule has 0 bridgehead atoms. The number of nitrogens with zero attached hydrogens (tertiary/aromatic N) is 1. The summed E-state index contributed by atoms with van der Waals surface area (Å²) in [5.74, 6) is -1.23. The summed E-state index contributed by atoms with van der Waals surface area (Å²) in [6, 6.07) is 7.93. The second-order valence-electron chi connectivity index (χ2n) is 7.82. The van der Waals surface area contributed by atoms with Gasteiger partial charge in [0.25, 0.3) is 11.7 Å². The second kappa shape index (κ2) is 10.2. The van der Waals surface area contributed by atoms with Gasteiger partial charge in [-0.25, -0.2) is 0 Å². The Morgan fingerprint density at radius 2 is 1.48 bits per heavy atom. The minimum atomic E-state index is -1.19. The van der Waals surface area contributed by atoms with E-state index in [-0.39, 0.29) is 5.91 Å². The molecule has 27 heavy (non-hydrogen) atoms. The Morgan fingerprint density at radius 1 is 0.889 bits per heavy atom. The smallest absolute Gasteiger partial charge is 0.292 e. The Labute approximate surface area is 164 Å². The fourth-order valence-electron chi connectivity index (χ4n) is 4.18. The molecule has 3 rings (SSSR count). The van der Waals surface area contributed by atoms with Gasteiger partial charge >= 0.3 is 0 Å². The van der Waals surface area contributed by atoms with Crippen molar-refractivity contribution in [2.24, 2.45) is 0 Å². The molecule has 1 aromatic rings. The maximum atomic E-state index is 13.1. The van der Waals surface area contributed by atoms with Crippen LogP contribution in [0.5, 0.6) is 0 Å². The Balaban J connectivity index is 1.43. The van der Waals surface area contributed by atoms with Gasteiger partial charge in [0, 0.05) is 12.1 Å². The van der Waals surface area contributed by atoms with Gasteiger partial charge in [-0.1, -0.05) is 82.9 Å².